The number of rotatable bonds is 8. The third-order valence-electron chi connectivity index (χ3n) is 2.74. The average molecular weight is 271 g/mol. The van der Waals surface area contributed by atoms with Gasteiger partial charge in [-0.2, -0.15) is 4.31 Å². The highest BCUT2D eigenvalue weighted by Gasteiger charge is 2.22. The molecular formula is C13H21NO3S. The molecule has 0 spiro atoms. The average Bonchev–Trinajstić information content (AvgIpc) is 2.39. The van der Waals surface area contributed by atoms with Crippen LogP contribution in [-0.2, 0) is 10.0 Å². The summed E-state index contributed by atoms with van der Waals surface area (Å²) in [5.74, 6) is 0. The molecule has 0 aromatic heterocycles. The lowest BCUT2D eigenvalue weighted by Crippen LogP contribution is -2.34. The molecule has 0 aliphatic rings. The van der Waals surface area contributed by atoms with Gasteiger partial charge in [-0.1, -0.05) is 38.0 Å². The number of hydrogen-bond acceptors (Lipinski definition) is 3. The van der Waals surface area contributed by atoms with E-state index in [2.05, 4.69) is 6.92 Å². The predicted octanol–water partition coefficient (Wildman–Crippen LogP) is 1.86. The van der Waals surface area contributed by atoms with Crippen LogP contribution in [0.1, 0.15) is 26.2 Å². The van der Waals surface area contributed by atoms with E-state index in [9.17, 15) is 8.42 Å². The Labute approximate surface area is 109 Å². The Bertz CT molecular complexity index is 431. The second kappa shape index (κ2) is 7.51. The number of sulfonamides is 1. The molecule has 0 atom stereocenters. The van der Waals surface area contributed by atoms with E-state index in [1.807, 2.05) is 0 Å². The van der Waals surface area contributed by atoms with Crippen molar-refractivity contribution in [1.82, 2.24) is 4.31 Å². The number of hydrogen-bond donors (Lipinski definition) is 1. The molecule has 1 N–H and O–H groups in total. The molecule has 102 valence electrons. The first-order valence-electron chi connectivity index (χ1n) is 6.29. The molecule has 0 radical (unpaired) electrons. The molecule has 18 heavy (non-hydrogen) atoms. The molecule has 0 unspecified atom stereocenters. The lowest BCUT2D eigenvalue weighted by atomic mass is 10.2. The highest BCUT2D eigenvalue weighted by molar-refractivity contribution is 7.89. The molecule has 0 aliphatic carbocycles. The fourth-order valence-electron chi connectivity index (χ4n) is 1.74. The Morgan fingerprint density at radius 1 is 1.11 bits per heavy atom. The second-order valence-corrected chi connectivity index (χ2v) is 6.09. The smallest absolute Gasteiger partial charge is 0.243 e. The Balaban J connectivity index is 2.83. The molecule has 1 aromatic carbocycles. The van der Waals surface area contributed by atoms with E-state index in [-0.39, 0.29) is 18.0 Å². The zero-order valence-corrected chi connectivity index (χ0v) is 11.6. The highest BCUT2D eigenvalue weighted by Crippen LogP contribution is 2.15. The van der Waals surface area contributed by atoms with E-state index in [1.165, 1.54) is 4.31 Å². The summed E-state index contributed by atoms with van der Waals surface area (Å²) in [6.07, 6.45) is 2.85. The van der Waals surface area contributed by atoms with Crippen molar-refractivity contribution in [3.8, 4) is 0 Å². The minimum atomic E-state index is -3.47. The van der Waals surface area contributed by atoms with Gasteiger partial charge in [0.2, 0.25) is 10.0 Å². The van der Waals surface area contributed by atoms with Crippen LogP contribution in [0.3, 0.4) is 0 Å². The molecule has 0 bridgehead atoms. The normalized spacial score (nSPS) is 11.9. The first-order valence-corrected chi connectivity index (χ1v) is 7.73. The topological polar surface area (TPSA) is 57.6 Å². The highest BCUT2D eigenvalue weighted by atomic mass is 32.2. The van der Waals surface area contributed by atoms with Crippen LogP contribution in [0.25, 0.3) is 0 Å². The summed E-state index contributed by atoms with van der Waals surface area (Å²) in [4.78, 5) is 0.287. The molecule has 0 heterocycles. The standard InChI is InChI=1S/C13H21NO3S/c1-2-3-7-10-14(11-12-15)18(16,17)13-8-5-4-6-9-13/h4-6,8-9,15H,2-3,7,10-12H2,1H3. The van der Waals surface area contributed by atoms with Gasteiger partial charge >= 0.3 is 0 Å². The molecule has 0 fully saturated rings. The van der Waals surface area contributed by atoms with Crippen LogP contribution in [0, 0.1) is 0 Å². The van der Waals surface area contributed by atoms with Crippen molar-refractivity contribution in [3.63, 3.8) is 0 Å². The van der Waals surface area contributed by atoms with E-state index in [4.69, 9.17) is 5.11 Å². The van der Waals surface area contributed by atoms with E-state index in [1.54, 1.807) is 30.3 Å². The largest absolute Gasteiger partial charge is 0.395 e. The molecule has 1 aromatic rings. The molecule has 4 nitrogen and oxygen atoms in total. The van der Waals surface area contributed by atoms with Gasteiger partial charge in [-0.3, -0.25) is 0 Å². The molecule has 0 amide bonds. The minimum absolute atomic E-state index is 0.154. The zero-order chi connectivity index (χ0) is 13.4. The summed E-state index contributed by atoms with van der Waals surface area (Å²) in [5.41, 5.74) is 0. The Morgan fingerprint density at radius 2 is 1.78 bits per heavy atom. The van der Waals surface area contributed by atoms with Crippen molar-refractivity contribution < 1.29 is 13.5 Å². The maximum absolute atomic E-state index is 12.3. The third kappa shape index (κ3) is 4.08. The van der Waals surface area contributed by atoms with Crippen LogP contribution < -0.4 is 0 Å². The number of nitrogens with zero attached hydrogens (tertiary/aromatic N) is 1. The van der Waals surface area contributed by atoms with E-state index in [0.29, 0.717) is 6.54 Å². The molecule has 0 saturated heterocycles. The summed E-state index contributed by atoms with van der Waals surface area (Å²) in [6, 6.07) is 8.36. The Morgan fingerprint density at radius 3 is 2.33 bits per heavy atom. The van der Waals surface area contributed by atoms with Gasteiger partial charge in [-0.05, 0) is 18.6 Å². The number of aliphatic hydroxyl groups is 1. The van der Waals surface area contributed by atoms with Crippen molar-refractivity contribution in [3.05, 3.63) is 30.3 Å². The fourth-order valence-corrected chi connectivity index (χ4v) is 3.23. The van der Waals surface area contributed by atoms with Crippen LogP contribution >= 0.6 is 0 Å². The lowest BCUT2D eigenvalue weighted by Gasteiger charge is -2.21. The van der Waals surface area contributed by atoms with Crippen LogP contribution in [-0.4, -0.2) is 37.5 Å². The van der Waals surface area contributed by atoms with Crippen molar-refractivity contribution in [2.45, 2.75) is 31.1 Å². The Kier molecular flexibility index (Phi) is 6.32. The summed E-state index contributed by atoms with van der Waals surface area (Å²) in [7, 11) is -3.47. The van der Waals surface area contributed by atoms with Crippen LogP contribution in [0.4, 0.5) is 0 Å². The van der Waals surface area contributed by atoms with Gasteiger partial charge < -0.3 is 5.11 Å². The SMILES string of the molecule is CCCCCN(CCO)S(=O)(=O)c1ccccc1. The molecule has 0 saturated carbocycles. The van der Waals surface area contributed by atoms with Gasteiger partial charge in [0.1, 0.15) is 0 Å². The van der Waals surface area contributed by atoms with Crippen molar-refractivity contribution in [1.29, 1.82) is 0 Å². The maximum atomic E-state index is 12.3. The summed E-state index contributed by atoms with van der Waals surface area (Å²) in [6.45, 7) is 2.53. The number of unbranched alkanes of at least 4 members (excludes halogenated alkanes) is 2. The second-order valence-electron chi connectivity index (χ2n) is 4.15. The number of benzene rings is 1. The fraction of sp³-hybridized carbons (Fsp3) is 0.538. The van der Waals surface area contributed by atoms with Gasteiger partial charge in [0.25, 0.3) is 0 Å². The molecule has 5 heteroatoms. The van der Waals surface area contributed by atoms with Crippen molar-refractivity contribution >= 4 is 10.0 Å². The van der Waals surface area contributed by atoms with Gasteiger partial charge in [0.05, 0.1) is 11.5 Å². The lowest BCUT2D eigenvalue weighted by molar-refractivity contribution is 0.252. The van der Waals surface area contributed by atoms with Crippen molar-refractivity contribution in [2.75, 3.05) is 19.7 Å². The van der Waals surface area contributed by atoms with E-state index < -0.39 is 10.0 Å². The van der Waals surface area contributed by atoms with Gasteiger partial charge in [-0.15, -0.1) is 0 Å². The molecule has 1 rings (SSSR count). The third-order valence-corrected chi connectivity index (χ3v) is 4.65. The van der Waals surface area contributed by atoms with E-state index >= 15 is 0 Å². The number of aliphatic hydroxyl groups excluding tert-OH is 1. The van der Waals surface area contributed by atoms with Crippen LogP contribution in [0.15, 0.2) is 35.2 Å². The molecule has 0 aliphatic heterocycles. The van der Waals surface area contributed by atoms with Crippen LogP contribution in [0.5, 0.6) is 0 Å². The first-order chi connectivity index (χ1) is 8.62. The molecular weight excluding hydrogens is 250 g/mol. The minimum Gasteiger partial charge on any atom is -0.395 e. The van der Waals surface area contributed by atoms with Crippen LogP contribution in [0.2, 0.25) is 0 Å². The summed E-state index contributed by atoms with van der Waals surface area (Å²) in [5, 5.41) is 9.00. The predicted molar refractivity (Wildman–Crippen MR) is 71.8 cm³/mol. The Hall–Kier alpha value is -0.910. The maximum Gasteiger partial charge on any atom is 0.243 e. The van der Waals surface area contributed by atoms with Crippen molar-refractivity contribution in [2.24, 2.45) is 0 Å². The van der Waals surface area contributed by atoms with Gasteiger partial charge in [0, 0.05) is 13.1 Å². The quantitative estimate of drug-likeness (QED) is 0.734. The van der Waals surface area contributed by atoms with E-state index in [0.717, 1.165) is 19.3 Å². The summed E-state index contributed by atoms with van der Waals surface area (Å²) >= 11 is 0. The van der Waals surface area contributed by atoms with Gasteiger partial charge in [0.15, 0.2) is 0 Å². The van der Waals surface area contributed by atoms with Gasteiger partial charge in [-0.25, -0.2) is 8.42 Å². The monoisotopic (exact) mass is 271 g/mol. The first kappa shape index (κ1) is 15.1. The zero-order valence-electron chi connectivity index (χ0n) is 10.7. The summed E-state index contributed by atoms with van der Waals surface area (Å²) < 4.78 is 26.0.